The second-order valence-corrected chi connectivity index (χ2v) is 7.29. The molecule has 2 N–H and O–H groups in total. The number of aliphatic hydroxyl groups is 1. The van der Waals surface area contributed by atoms with Crippen molar-refractivity contribution >= 4 is 40.7 Å². The lowest BCUT2D eigenvalue weighted by atomic mass is 9.95. The number of Topliss-reactive ketones (excluding diaryl/α,β-unsaturated/α-hetero) is 1. The summed E-state index contributed by atoms with van der Waals surface area (Å²) < 4.78 is 0. The highest BCUT2D eigenvalue weighted by Gasteiger charge is 2.46. The van der Waals surface area contributed by atoms with E-state index in [-0.39, 0.29) is 41.8 Å². The van der Waals surface area contributed by atoms with Crippen molar-refractivity contribution in [3.63, 3.8) is 0 Å². The Morgan fingerprint density at radius 2 is 1.81 bits per heavy atom. The SMILES string of the molecule is O=C(O)CCCN1C(=O)C(=O)/C(=C(\O)c2ccc(Cl)cc2)C1c1cccc([N+](=O)[O-])c1. The molecule has 1 saturated heterocycles. The zero-order valence-electron chi connectivity index (χ0n) is 16.0. The topological polar surface area (TPSA) is 138 Å². The number of carboxylic acids is 1. The largest absolute Gasteiger partial charge is 0.507 e. The van der Waals surface area contributed by atoms with Crippen LogP contribution in [0.1, 0.15) is 30.0 Å². The molecule has 0 radical (unpaired) electrons. The van der Waals surface area contributed by atoms with Gasteiger partial charge in [0.05, 0.1) is 16.5 Å². The number of ketones is 1. The molecule has 1 amide bonds. The number of aliphatic hydroxyl groups excluding tert-OH is 1. The van der Waals surface area contributed by atoms with E-state index in [1.807, 2.05) is 0 Å². The molecule has 2 aromatic rings. The van der Waals surface area contributed by atoms with E-state index in [9.17, 15) is 29.6 Å². The number of likely N-dealkylation sites (tertiary alicyclic amines) is 1. The van der Waals surface area contributed by atoms with Gasteiger partial charge in [-0.15, -0.1) is 0 Å². The van der Waals surface area contributed by atoms with Crippen LogP contribution in [0.15, 0.2) is 54.1 Å². The van der Waals surface area contributed by atoms with Crippen LogP contribution >= 0.6 is 11.6 Å². The maximum atomic E-state index is 12.8. The quantitative estimate of drug-likeness (QED) is 0.219. The Balaban J connectivity index is 2.14. The van der Waals surface area contributed by atoms with Gasteiger partial charge in [0.1, 0.15) is 5.76 Å². The smallest absolute Gasteiger partial charge is 0.303 e. The number of carbonyl (C=O) groups is 3. The first-order chi connectivity index (χ1) is 14.7. The van der Waals surface area contributed by atoms with Crippen LogP contribution < -0.4 is 0 Å². The lowest BCUT2D eigenvalue weighted by Crippen LogP contribution is -2.31. The molecule has 1 aliphatic rings. The normalized spacial score (nSPS) is 17.7. The molecule has 1 fully saturated rings. The Labute approximate surface area is 181 Å². The van der Waals surface area contributed by atoms with Crippen molar-refractivity contribution in [2.24, 2.45) is 0 Å². The number of carbonyl (C=O) groups excluding carboxylic acids is 2. The predicted molar refractivity (Wildman–Crippen MR) is 110 cm³/mol. The molecule has 3 rings (SSSR count). The number of halogens is 1. The number of hydrogen-bond acceptors (Lipinski definition) is 6. The minimum Gasteiger partial charge on any atom is -0.507 e. The minimum atomic E-state index is -1.11. The number of nitro benzene ring substituents is 1. The maximum Gasteiger partial charge on any atom is 0.303 e. The predicted octanol–water partition coefficient (Wildman–Crippen LogP) is 3.53. The van der Waals surface area contributed by atoms with Crippen molar-refractivity contribution in [2.45, 2.75) is 18.9 Å². The highest BCUT2D eigenvalue weighted by atomic mass is 35.5. The Kier molecular flexibility index (Phi) is 6.36. The molecule has 0 spiro atoms. The monoisotopic (exact) mass is 444 g/mol. The van der Waals surface area contributed by atoms with Crippen LogP contribution in [0.4, 0.5) is 5.69 Å². The van der Waals surface area contributed by atoms with E-state index in [0.717, 1.165) is 4.90 Å². The van der Waals surface area contributed by atoms with Crippen molar-refractivity contribution in [3.8, 4) is 0 Å². The molecule has 0 aliphatic carbocycles. The van der Waals surface area contributed by atoms with Crippen LogP contribution in [0.5, 0.6) is 0 Å². The van der Waals surface area contributed by atoms with Crippen LogP contribution in [0.25, 0.3) is 5.76 Å². The van der Waals surface area contributed by atoms with Crippen LogP contribution in [-0.4, -0.2) is 44.2 Å². The Hall–Kier alpha value is -3.72. The summed E-state index contributed by atoms with van der Waals surface area (Å²) >= 11 is 5.87. The third-order valence-electron chi connectivity index (χ3n) is 4.84. The van der Waals surface area contributed by atoms with E-state index in [0.29, 0.717) is 5.02 Å². The minimum absolute atomic E-state index is 0.0643. The molecule has 31 heavy (non-hydrogen) atoms. The van der Waals surface area contributed by atoms with Crippen LogP contribution in [0, 0.1) is 10.1 Å². The van der Waals surface area contributed by atoms with Gasteiger partial charge in [-0.2, -0.15) is 0 Å². The van der Waals surface area contributed by atoms with Crippen molar-refractivity contribution < 1.29 is 29.5 Å². The molecular formula is C21H17ClN2O7. The van der Waals surface area contributed by atoms with Gasteiger partial charge in [-0.3, -0.25) is 24.5 Å². The van der Waals surface area contributed by atoms with Gasteiger partial charge in [0.25, 0.3) is 17.4 Å². The number of carboxylic acid groups (broad SMARTS) is 1. The van der Waals surface area contributed by atoms with Crippen LogP contribution in [0.3, 0.4) is 0 Å². The third kappa shape index (κ3) is 4.56. The number of aliphatic carboxylic acids is 1. The fourth-order valence-electron chi connectivity index (χ4n) is 3.43. The highest BCUT2D eigenvalue weighted by Crippen LogP contribution is 2.40. The molecule has 0 saturated carbocycles. The summed E-state index contributed by atoms with van der Waals surface area (Å²) in [6.45, 7) is -0.0817. The molecule has 0 bridgehead atoms. The highest BCUT2D eigenvalue weighted by molar-refractivity contribution is 6.46. The summed E-state index contributed by atoms with van der Waals surface area (Å²) in [4.78, 5) is 48.1. The summed E-state index contributed by atoms with van der Waals surface area (Å²) in [5.74, 6) is -3.39. The molecule has 160 valence electrons. The number of nitro groups is 1. The summed E-state index contributed by atoms with van der Waals surface area (Å²) in [5.41, 5.74) is 0.00543. The van der Waals surface area contributed by atoms with Gasteiger partial charge < -0.3 is 15.1 Å². The van der Waals surface area contributed by atoms with Gasteiger partial charge in [-0.25, -0.2) is 0 Å². The van der Waals surface area contributed by atoms with Gasteiger partial charge in [0, 0.05) is 35.7 Å². The number of nitrogens with zero attached hydrogens (tertiary/aromatic N) is 2. The molecule has 10 heteroatoms. The third-order valence-corrected chi connectivity index (χ3v) is 5.10. The second-order valence-electron chi connectivity index (χ2n) is 6.85. The first kappa shape index (κ1) is 22.0. The van der Waals surface area contributed by atoms with E-state index in [2.05, 4.69) is 0 Å². The average molecular weight is 445 g/mol. The molecule has 1 heterocycles. The zero-order chi connectivity index (χ0) is 22.7. The molecule has 2 aromatic carbocycles. The van der Waals surface area contributed by atoms with Gasteiger partial charge in [-0.1, -0.05) is 23.7 Å². The fraction of sp³-hybridized carbons (Fsp3) is 0.190. The van der Waals surface area contributed by atoms with Crippen molar-refractivity contribution in [3.05, 3.63) is 80.4 Å². The number of hydrogen-bond donors (Lipinski definition) is 2. The molecule has 1 unspecified atom stereocenters. The van der Waals surface area contributed by atoms with Gasteiger partial charge >= 0.3 is 5.97 Å². The van der Waals surface area contributed by atoms with Crippen molar-refractivity contribution in [2.75, 3.05) is 6.54 Å². The van der Waals surface area contributed by atoms with Crippen molar-refractivity contribution in [1.29, 1.82) is 0 Å². The van der Waals surface area contributed by atoms with Gasteiger partial charge in [0.15, 0.2) is 0 Å². The Bertz CT molecular complexity index is 1100. The Morgan fingerprint density at radius 3 is 2.42 bits per heavy atom. The van der Waals surface area contributed by atoms with E-state index >= 15 is 0 Å². The molecule has 1 aliphatic heterocycles. The molecule has 0 aromatic heterocycles. The molecule has 9 nitrogen and oxygen atoms in total. The first-order valence-electron chi connectivity index (χ1n) is 9.21. The van der Waals surface area contributed by atoms with E-state index < -0.39 is 34.4 Å². The number of non-ortho nitro benzene ring substituents is 1. The van der Waals surface area contributed by atoms with Crippen LogP contribution in [-0.2, 0) is 14.4 Å². The van der Waals surface area contributed by atoms with Gasteiger partial charge in [-0.05, 0) is 36.2 Å². The summed E-state index contributed by atoms with van der Waals surface area (Å²) in [5, 5.41) is 31.4. The first-order valence-corrected chi connectivity index (χ1v) is 9.59. The standard InChI is InChI=1S/C21H17ClN2O7/c22-14-8-6-12(7-9-14)19(27)17-18(13-3-1-4-15(11-13)24(30)31)23(21(29)20(17)28)10-2-5-16(25)26/h1,3-4,6-9,11,18,27H,2,5,10H2,(H,25,26)/b19-17-. The number of benzene rings is 2. The summed E-state index contributed by atoms with van der Waals surface area (Å²) in [6, 6.07) is 10.2. The fourth-order valence-corrected chi connectivity index (χ4v) is 3.56. The van der Waals surface area contributed by atoms with E-state index in [4.69, 9.17) is 16.7 Å². The molecular weight excluding hydrogens is 428 g/mol. The lowest BCUT2D eigenvalue weighted by Gasteiger charge is -2.25. The Morgan fingerprint density at radius 1 is 1.13 bits per heavy atom. The van der Waals surface area contributed by atoms with Crippen molar-refractivity contribution in [1.82, 2.24) is 4.90 Å². The van der Waals surface area contributed by atoms with E-state index in [1.165, 1.54) is 48.5 Å². The zero-order valence-corrected chi connectivity index (χ0v) is 16.8. The second kappa shape index (κ2) is 8.97. The van der Waals surface area contributed by atoms with Gasteiger partial charge in [0.2, 0.25) is 0 Å². The average Bonchev–Trinajstić information content (AvgIpc) is 2.98. The maximum absolute atomic E-state index is 12.8. The van der Waals surface area contributed by atoms with E-state index in [1.54, 1.807) is 0 Å². The summed E-state index contributed by atoms with van der Waals surface area (Å²) in [7, 11) is 0. The molecule has 1 atom stereocenters. The lowest BCUT2D eigenvalue weighted by molar-refractivity contribution is -0.384. The number of rotatable bonds is 7. The summed E-state index contributed by atoms with van der Waals surface area (Å²) in [6.07, 6.45) is -0.170. The van der Waals surface area contributed by atoms with Crippen LogP contribution in [0.2, 0.25) is 5.02 Å². The number of amides is 1.